The first-order valence-electron chi connectivity index (χ1n) is 3.61. The Morgan fingerprint density at radius 3 is 2.08 bits per heavy atom. The van der Waals surface area contributed by atoms with Gasteiger partial charge in [-0.2, -0.15) is 11.3 Å². The molecular formula is C9H9ClOS2. The zero-order valence-corrected chi connectivity index (χ0v) is 9.20. The van der Waals surface area contributed by atoms with Crippen LogP contribution in [0.4, 0.5) is 0 Å². The summed E-state index contributed by atoms with van der Waals surface area (Å²) in [5, 5.41) is 16.1. The molecule has 2 aromatic heterocycles. The summed E-state index contributed by atoms with van der Waals surface area (Å²) in [7, 11) is 0. The van der Waals surface area contributed by atoms with Crippen molar-refractivity contribution in [1.29, 1.82) is 0 Å². The number of thiophene rings is 2. The zero-order valence-electron chi connectivity index (χ0n) is 6.81. The smallest absolute Gasteiger partial charge is 0.126 e. The lowest BCUT2D eigenvalue weighted by molar-refractivity contribution is 0.478. The SMILES string of the molecule is ClCc1ccsc1.Oc1ccsc1. The number of aromatic hydroxyl groups is 1. The van der Waals surface area contributed by atoms with E-state index in [-0.39, 0.29) is 0 Å². The van der Waals surface area contributed by atoms with E-state index in [9.17, 15) is 0 Å². The third-order valence-electron chi connectivity index (χ3n) is 1.24. The van der Waals surface area contributed by atoms with Crippen LogP contribution in [0.15, 0.2) is 33.7 Å². The lowest BCUT2D eigenvalue weighted by Crippen LogP contribution is -1.62. The summed E-state index contributed by atoms with van der Waals surface area (Å²) in [6.45, 7) is 0. The van der Waals surface area contributed by atoms with Crippen molar-refractivity contribution >= 4 is 34.3 Å². The molecule has 0 saturated heterocycles. The van der Waals surface area contributed by atoms with Crippen LogP contribution in [0.3, 0.4) is 0 Å². The molecule has 1 nitrogen and oxygen atoms in total. The molecule has 0 bridgehead atoms. The van der Waals surface area contributed by atoms with E-state index in [0.717, 1.165) is 0 Å². The van der Waals surface area contributed by atoms with Crippen LogP contribution in [0, 0.1) is 0 Å². The standard InChI is InChI=1S/C5H5ClS.C4H4OS/c6-3-5-1-2-7-4-5;5-4-1-2-6-3-4/h1-2,4H,3H2;1-3,5H. The molecule has 0 aliphatic carbocycles. The first kappa shape index (κ1) is 10.6. The van der Waals surface area contributed by atoms with Crippen molar-refractivity contribution in [2.45, 2.75) is 5.88 Å². The maximum Gasteiger partial charge on any atom is 0.126 e. The molecule has 0 atom stereocenters. The summed E-state index contributed by atoms with van der Waals surface area (Å²) in [4.78, 5) is 0. The van der Waals surface area contributed by atoms with Crippen molar-refractivity contribution in [3.8, 4) is 5.75 Å². The first-order chi connectivity index (χ1) is 6.33. The summed E-state index contributed by atoms with van der Waals surface area (Å²) >= 11 is 8.64. The van der Waals surface area contributed by atoms with E-state index in [1.165, 1.54) is 16.9 Å². The average Bonchev–Trinajstić information content (AvgIpc) is 2.76. The van der Waals surface area contributed by atoms with Crippen molar-refractivity contribution < 1.29 is 5.11 Å². The molecule has 0 fully saturated rings. The second kappa shape index (κ2) is 6.02. The molecule has 0 aliphatic heterocycles. The van der Waals surface area contributed by atoms with E-state index < -0.39 is 0 Å². The van der Waals surface area contributed by atoms with Gasteiger partial charge in [-0.25, -0.2) is 0 Å². The fraction of sp³-hybridized carbons (Fsp3) is 0.111. The van der Waals surface area contributed by atoms with Crippen LogP contribution in [-0.2, 0) is 5.88 Å². The number of alkyl halides is 1. The monoisotopic (exact) mass is 232 g/mol. The first-order valence-corrected chi connectivity index (χ1v) is 6.03. The van der Waals surface area contributed by atoms with E-state index in [1.807, 2.05) is 22.2 Å². The Morgan fingerprint density at radius 1 is 1.15 bits per heavy atom. The van der Waals surface area contributed by atoms with Crippen LogP contribution in [0.2, 0.25) is 0 Å². The van der Waals surface area contributed by atoms with Crippen molar-refractivity contribution in [3.05, 3.63) is 39.2 Å². The Bertz CT molecular complexity index is 302. The molecule has 0 aromatic carbocycles. The lowest BCUT2D eigenvalue weighted by Gasteiger charge is -1.76. The van der Waals surface area contributed by atoms with Gasteiger partial charge in [-0.15, -0.1) is 22.9 Å². The second-order valence-corrected chi connectivity index (χ2v) is 4.07. The van der Waals surface area contributed by atoms with E-state index in [2.05, 4.69) is 0 Å². The average molecular weight is 233 g/mol. The third kappa shape index (κ3) is 4.31. The Balaban J connectivity index is 0.000000132. The normalized spacial score (nSPS) is 9.00. The van der Waals surface area contributed by atoms with Gasteiger partial charge < -0.3 is 5.11 Å². The molecule has 0 saturated carbocycles. The molecule has 0 spiro atoms. The molecule has 1 N–H and O–H groups in total. The van der Waals surface area contributed by atoms with E-state index in [1.54, 1.807) is 22.8 Å². The van der Waals surface area contributed by atoms with Crippen molar-refractivity contribution in [3.63, 3.8) is 0 Å². The lowest BCUT2D eigenvalue weighted by atomic mass is 10.4. The molecule has 2 aromatic rings. The molecule has 0 unspecified atom stereocenters. The van der Waals surface area contributed by atoms with Crippen LogP contribution in [0.1, 0.15) is 5.56 Å². The molecule has 0 aliphatic rings. The zero-order chi connectivity index (χ0) is 9.52. The Labute approximate surface area is 90.2 Å². The molecule has 13 heavy (non-hydrogen) atoms. The van der Waals surface area contributed by atoms with Gasteiger partial charge in [0.1, 0.15) is 5.75 Å². The maximum atomic E-state index is 8.48. The van der Waals surface area contributed by atoms with Crippen LogP contribution in [0.5, 0.6) is 5.75 Å². The summed E-state index contributed by atoms with van der Waals surface area (Å²) in [5.41, 5.74) is 1.21. The van der Waals surface area contributed by atoms with E-state index in [0.29, 0.717) is 11.6 Å². The van der Waals surface area contributed by atoms with Gasteiger partial charge in [-0.1, -0.05) is 0 Å². The Kier molecular flexibility index (Phi) is 4.90. The summed E-state index contributed by atoms with van der Waals surface area (Å²) in [5.74, 6) is 1.00. The van der Waals surface area contributed by atoms with Crippen molar-refractivity contribution in [2.24, 2.45) is 0 Å². The van der Waals surface area contributed by atoms with Crippen molar-refractivity contribution in [1.82, 2.24) is 0 Å². The van der Waals surface area contributed by atoms with Gasteiger partial charge in [-0.3, -0.25) is 0 Å². The fourth-order valence-electron chi connectivity index (χ4n) is 0.626. The van der Waals surface area contributed by atoms with E-state index >= 15 is 0 Å². The highest BCUT2D eigenvalue weighted by atomic mass is 35.5. The molecular weight excluding hydrogens is 224 g/mol. The Morgan fingerprint density at radius 2 is 1.85 bits per heavy atom. The largest absolute Gasteiger partial charge is 0.507 e. The van der Waals surface area contributed by atoms with Gasteiger partial charge in [0.25, 0.3) is 0 Å². The van der Waals surface area contributed by atoms with Crippen LogP contribution in [-0.4, -0.2) is 5.11 Å². The van der Waals surface area contributed by atoms with Crippen LogP contribution >= 0.6 is 34.3 Å². The second-order valence-electron chi connectivity index (χ2n) is 2.25. The van der Waals surface area contributed by atoms with Gasteiger partial charge in [0.2, 0.25) is 0 Å². The highest BCUT2D eigenvalue weighted by molar-refractivity contribution is 7.08. The maximum absolute atomic E-state index is 8.48. The molecule has 70 valence electrons. The predicted molar refractivity (Wildman–Crippen MR) is 59.9 cm³/mol. The third-order valence-corrected chi connectivity index (χ3v) is 2.95. The van der Waals surface area contributed by atoms with Gasteiger partial charge in [0.15, 0.2) is 0 Å². The molecule has 2 heterocycles. The van der Waals surface area contributed by atoms with Crippen LogP contribution in [0.25, 0.3) is 0 Å². The van der Waals surface area contributed by atoms with Gasteiger partial charge in [0.05, 0.1) is 0 Å². The Hall–Kier alpha value is -0.510. The number of rotatable bonds is 1. The highest BCUT2D eigenvalue weighted by Gasteiger charge is 1.84. The van der Waals surface area contributed by atoms with Gasteiger partial charge >= 0.3 is 0 Å². The van der Waals surface area contributed by atoms with E-state index in [4.69, 9.17) is 16.7 Å². The molecule has 2 rings (SSSR count). The van der Waals surface area contributed by atoms with Gasteiger partial charge in [0, 0.05) is 11.3 Å². The number of hydrogen-bond acceptors (Lipinski definition) is 3. The summed E-state index contributed by atoms with van der Waals surface area (Å²) in [6.07, 6.45) is 0. The quantitative estimate of drug-likeness (QED) is 0.739. The topological polar surface area (TPSA) is 20.2 Å². The molecule has 0 amide bonds. The number of hydrogen-bond donors (Lipinski definition) is 1. The molecule has 0 radical (unpaired) electrons. The van der Waals surface area contributed by atoms with Crippen LogP contribution < -0.4 is 0 Å². The highest BCUT2D eigenvalue weighted by Crippen LogP contribution is 2.10. The fourth-order valence-corrected chi connectivity index (χ4v) is 2.07. The molecule has 4 heteroatoms. The van der Waals surface area contributed by atoms with Crippen molar-refractivity contribution in [2.75, 3.05) is 0 Å². The minimum atomic E-state index is 0.361. The number of halogens is 1. The summed E-state index contributed by atoms with van der Waals surface area (Å²) < 4.78 is 0. The minimum absolute atomic E-state index is 0.361. The predicted octanol–water partition coefficient (Wildman–Crippen LogP) is 3.94. The van der Waals surface area contributed by atoms with Gasteiger partial charge in [-0.05, 0) is 33.8 Å². The summed E-state index contributed by atoms with van der Waals surface area (Å²) in [6, 6.07) is 3.68. The minimum Gasteiger partial charge on any atom is -0.507 e.